The molecule has 7 N–H and O–H groups in total. The van der Waals surface area contributed by atoms with Crippen molar-refractivity contribution in [2.45, 2.75) is 30.3 Å². The van der Waals surface area contributed by atoms with Crippen molar-refractivity contribution in [3.05, 3.63) is 0 Å². The summed E-state index contributed by atoms with van der Waals surface area (Å²) in [6.45, 7) is -0.662. The predicted molar refractivity (Wildman–Crippen MR) is 39.1 cm³/mol. The Morgan fingerprint density at radius 1 is 1.46 bits per heavy atom. The van der Waals surface area contributed by atoms with Crippen LogP contribution in [-0.4, -0.2) is 62.5 Å². The molecule has 0 aromatic carbocycles. The average Bonchev–Trinajstić information content (AvgIpc) is 2.28. The van der Waals surface area contributed by atoms with Crippen molar-refractivity contribution in [2.24, 2.45) is 5.73 Å². The molecule has 1 rings (SSSR count). The molecule has 0 spiro atoms. The van der Waals surface area contributed by atoms with Crippen LogP contribution in [-0.2, 0) is 4.74 Å². The number of hydrogen-bond acceptors (Lipinski definition) is 7. The van der Waals surface area contributed by atoms with Crippen molar-refractivity contribution in [2.75, 3.05) is 6.61 Å². The number of rotatable bonds is 2. The normalized spacial score (nSPS) is 48.0. The van der Waals surface area contributed by atoms with Crippen molar-refractivity contribution >= 4 is 0 Å². The van der Waals surface area contributed by atoms with Gasteiger partial charge in [-0.05, 0) is 0 Å². The van der Waals surface area contributed by atoms with E-state index in [1.807, 2.05) is 0 Å². The minimum absolute atomic E-state index is 0.662. The number of ether oxygens (including phenoxy) is 1. The molecule has 0 bridgehead atoms. The maximum atomic E-state index is 9.21. The van der Waals surface area contributed by atoms with Crippen LogP contribution in [0, 0.1) is 0 Å². The smallest absolute Gasteiger partial charge is 0.252 e. The fraction of sp³-hybridized carbons (Fsp3) is 1.00. The minimum Gasteiger partial charge on any atom is -0.394 e. The molecule has 0 aromatic rings. The lowest BCUT2D eigenvalue weighted by Gasteiger charge is -2.20. The van der Waals surface area contributed by atoms with Crippen molar-refractivity contribution in [1.29, 1.82) is 0 Å². The summed E-state index contributed by atoms with van der Waals surface area (Å²) in [5, 5.41) is 45.0. The van der Waals surface area contributed by atoms with E-state index in [4.69, 9.17) is 26.2 Å². The Bertz CT molecular complexity index is 186. The highest BCUT2D eigenvalue weighted by Gasteiger charge is 2.53. The maximum absolute atomic E-state index is 9.21. The summed E-state index contributed by atoms with van der Waals surface area (Å²) in [5.41, 5.74) is 5.03. The van der Waals surface area contributed by atoms with Gasteiger partial charge in [0.05, 0.1) is 6.61 Å². The van der Waals surface area contributed by atoms with Gasteiger partial charge in [-0.3, -0.25) is 5.73 Å². The van der Waals surface area contributed by atoms with Crippen LogP contribution in [0.2, 0.25) is 0 Å². The van der Waals surface area contributed by atoms with Gasteiger partial charge in [0.25, 0.3) is 5.91 Å². The van der Waals surface area contributed by atoms with Gasteiger partial charge < -0.3 is 30.3 Å². The van der Waals surface area contributed by atoms with Gasteiger partial charge >= 0.3 is 0 Å². The highest BCUT2D eigenvalue weighted by molar-refractivity contribution is 4.95. The van der Waals surface area contributed by atoms with E-state index in [9.17, 15) is 5.11 Å². The molecule has 0 unspecified atom stereocenters. The fourth-order valence-electron chi connectivity index (χ4n) is 1.19. The molecule has 5 atom stereocenters. The second-order valence-corrected chi connectivity index (χ2v) is 3.02. The van der Waals surface area contributed by atoms with E-state index in [2.05, 4.69) is 4.74 Å². The van der Waals surface area contributed by atoms with Gasteiger partial charge in [0.15, 0.2) is 6.10 Å². The summed E-state index contributed by atoms with van der Waals surface area (Å²) >= 11 is 0. The maximum Gasteiger partial charge on any atom is 0.252 e. The molecule has 1 heterocycles. The molecule has 1 aliphatic heterocycles. The summed E-state index contributed by atoms with van der Waals surface area (Å²) < 4.78 is 4.55. The lowest BCUT2D eigenvalue weighted by molar-refractivity contribution is -0.234. The zero-order valence-electron chi connectivity index (χ0n) is 6.74. The van der Waals surface area contributed by atoms with Gasteiger partial charge in [-0.15, -0.1) is 0 Å². The van der Waals surface area contributed by atoms with Gasteiger partial charge in [-0.25, -0.2) is 0 Å². The molecule has 1 aliphatic rings. The Hall–Kier alpha value is -0.280. The minimum atomic E-state index is -2.39. The van der Waals surface area contributed by atoms with Crippen molar-refractivity contribution < 1.29 is 30.3 Å². The largest absolute Gasteiger partial charge is 0.394 e. The highest BCUT2D eigenvalue weighted by Crippen LogP contribution is 2.26. The molecule has 1 fully saturated rings. The topological polar surface area (TPSA) is 136 Å². The second kappa shape index (κ2) is 3.46. The first-order valence-electron chi connectivity index (χ1n) is 3.74. The summed E-state index contributed by atoms with van der Waals surface area (Å²) in [4.78, 5) is 0. The molecule has 7 heteroatoms. The monoisotopic (exact) mass is 195 g/mol. The standard InChI is InChI=1S/C6H13NO6/c7-6(12)5(11)3(10)4(13-6)2(9)1-8/h2-5,8-12H,1,7H2/t2-,3+,4-,5-,6-/m1/s1. The van der Waals surface area contributed by atoms with Crippen LogP contribution in [0.25, 0.3) is 0 Å². The van der Waals surface area contributed by atoms with Gasteiger partial charge in [0.1, 0.15) is 18.3 Å². The van der Waals surface area contributed by atoms with Gasteiger partial charge in [-0.2, -0.15) is 0 Å². The molecule has 0 aliphatic carbocycles. The Morgan fingerprint density at radius 3 is 2.31 bits per heavy atom. The molecule has 0 aromatic heterocycles. The van der Waals surface area contributed by atoms with Crippen LogP contribution in [0.5, 0.6) is 0 Å². The fourth-order valence-corrected chi connectivity index (χ4v) is 1.19. The van der Waals surface area contributed by atoms with Gasteiger partial charge in [-0.1, -0.05) is 0 Å². The number of nitrogens with two attached hydrogens (primary N) is 1. The molecule has 13 heavy (non-hydrogen) atoms. The third-order valence-electron chi connectivity index (χ3n) is 1.98. The molecule has 0 saturated carbocycles. The van der Waals surface area contributed by atoms with Crippen molar-refractivity contribution in [1.82, 2.24) is 0 Å². The first kappa shape index (κ1) is 10.8. The van der Waals surface area contributed by atoms with Gasteiger partial charge in [0, 0.05) is 0 Å². The van der Waals surface area contributed by atoms with Crippen LogP contribution in [0.15, 0.2) is 0 Å². The van der Waals surface area contributed by atoms with Crippen LogP contribution < -0.4 is 5.73 Å². The Kier molecular flexibility index (Phi) is 2.88. The third kappa shape index (κ3) is 1.81. The zero-order valence-corrected chi connectivity index (χ0v) is 6.74. The Morgan fingerprint density at radius 2 is 2.00 bits per heavy atom. The van der Waals surface area contributed by atoms with E-state index in [-0.39, 0.29) is 0 Å². The molecular weight excluding hydrogens is 182 g/mol. The third-order valence-corrected chi connectivity index (χ3v) is 1.98. The van der Waals surface area contributed by atoms with Crippen LogP contribution in [0.3, 0.4) is 0 Å². The average molecular weight is 195 g/mol. The van der Waals surface area contributed by atoms with E-state index in [0.717, 1.165) is 0 Å². The van der Waals surface area contributed by atoms with Crippen LogP contribution >= 0.6 is 0 Å². The van der Waals surface area contributed by atoms with Crippen LogP contribution in [0.1, 0.15) is 0 Å². The highest BCUT2D eigenvalue weighted by atomic mass is 16.7. The molecule has 0 amide bonds. The number of hydrogen-bond donors (Lipinski definition) is 6. The Balaban J connectivity index is 2.72. The lowest BCUT2D eigenvalue weighted by atomic mass is 10.1. The summed E-state index contributed by atoms with van der Waals surface area (Å²) in [6, 6.07) is 0. The molecular formula is C6H13NO6. The van der Waals surface area contributed by atoms with Gasteiger partial charge in [0.2, 0.25) is 0 Å². The van der Waals surface area contributed by atoms with E-state index in [1.54, 1.807) is 0 Å². The first-order chi connectivity index (χ1) is 5.90. The molecule has 78 valence electrons. The van der Waals surface area contributed by atoms with E-state index < -0.39 is 36.9 Å². The van der Waals surface area contributed by atoms with E-state index in [0.29, 0.717) is 0 Å². The molecule has 0 radical (unpaired) electrons. The molecule has 7 nitrogen and oxygen atoms in total. The number of aliphatic hydroxyl groups is 5. The van der Waals surface area contributed by atoms with Crippen molar-refractivity contribution in [3.8, 4) is 0 Å². The quantitative estimate of drug-likeness (QED) is 0.247. The lowest BCUT2D eigenvalue weighted by Crippen LogP contribution is -2.50. The zero-order chi connectivity index (χ0) is 10.2. The summed E-state index contributed by atoms with van der Waals surface area (Å²) in [6.07, 6.45) is -5.94. The summed E-state index contributed by atoms with van der Waals surface area (Å²) in [7, 11) is 0. The molecule has 1 saturated heterocycles. The van der Waals surface area contributed by atoms with Crippen LogP contribution in [0.4, 0.5) is 0 Å². The number of aliphatic hydroxyl groups excluding tert-OH is 4. The first-order valence-corrected chi connectivity index (χ1v) is 3.74. The second-order valence-electron chi connectivity index (χ2n) is 3.02. The Labute approximate surface area is 74.0 Å². The predicted octanol–water partition coefficient (Wildman–Crippen LogP) is -3.94. The summed E-state index contributed by atoms with van der Waals surface area (Å²) in [5.74, 6) is -2.39. The van der Waals surface area contributed by atoms with E-state index in [1.165, 1.54) is 0 Å². The van der Waals surface area contributed by atoms with E-state index >= 15 is 0 Å². The van der Waals surface area contributed by atoms with Crippen molar-refractivity contribution in [3.63, 3.8) is 0 Å². The SMILES string of the molecule is N[C@]1(O)O[C@H]([C@H](O)CO)[C@H](O)[C@H]1O.